The van der Waals surface area contributed by atoms with E-state index in [0.29, 0.717) is 19.3 Å². The molecule has 5 heteroatoms. The molecular formula is C13H17NO3S. The summed E-state index contributed by atoms with van der Waals surface area (Å²) in [6.07, 6.45) is 3.13. The zero-order valence-corrected chi connectivity index (χ0v) is 10.9. The van der Waals surface area contributed by atoms with Crippen molar-refractivity contribution < 1.29 is 14.7 Å². The molecule has 0 aliphatic heterocycles. The van der Waals surface area contributed by atoms with Crippen LogP contribution in [-0.2, 0) is 16.0 Å². The number of allylic oxidation sites excluding steroid dienone is 1. The summed E-state index contributed by atoms with van der Waals surface area (Å²) in [5, 5.41) is 13.5. The van der Waals surface area contributed by atoms with E-state index < -0.39 is 5.97 Å². The quantitative estimate of drug-likeness (QED) is 0.710. The van der Waals surface area contributed by atoms with Gasteiger partial charge in [-0.3, -0.25) is 9.59 Å². The minimum atomic E-state index is -0.902. The highest BCUT2D eigenvalue weighted by Crippen LogP contribution is 2.13. The molecule has 1 heterocycles. The number of carboxylic acids is 1. The van der Waals surface area contributed by atoms with Crippen LogP contribution in [0.1, 0.15) is 24.1 Å². The smallest absolute Gasteiger partial charge is 0.305 e. The fourth-order valence-electron chi connectivity index (χ4n) is 1.59. The first-order valence-corrected chi connectivity index (χ1v) is 6.64. The number of carboxylic acid groups (broad SMARTS) is 1. The lowest BCUT2D eigenvalue weighted by Gasteiger charge is -2.16. The van der Waals surface area contributed by atoms with E-state index in [1.807, 2.05) is 17.5 Å². The average molecular weight is 267 g/mol. The second-order valence-electron chi connectivity index (χ2n) is 3.97. The number of amides is 1. The van der Waals surface area contributed by atoms with Crippen molar-refractivity contribution in [3.63, 3.8) is 0 Å². The van der Waals surface area contributed by atoms with Crippen LogP contribution in [0.3, 0.4) is 0 Å². The number of rotatable bonds is 8. The SMILES string of the molecule is C=CCCC(=O)N[C@@H](CC(=O)O)Cc1cccs1. The summed E-state index contributed by atoms with van der Waals surface area (Å²) in [7, 11) is 0. The molecule has 0 aliphatic rings. The van der Waals surface area contributed by atoms with Crippen molar-refractivity contribution in [3.05, 3.63) is 35.0 Å². The fraction of sp³-hybridized carbons (Fsp3) is 0.385. The van der Waals surface area contributed by atoms with E-state index >= 15 is 0 Å². The molecule has 0 saturated heterocycles. The van der Waals surface area contributed by atoms with Gasteiger partial charge in [0.15, 0.2) is 0 Å². The number of carbonyl (C=O) groups excluding carboxylic acids is 1. The Morgan fingerprint density at radius 2 is 2.33 bits per heavy atom. The maximum atomic E-state index is 11.6. The number of aliphatic carboxylic acids is 1. The van der Waals surface area contributed by atoms with E-state index in [1.54, 1.807) is 17.4 Å². The molecule has 18 heavy (non-hydrogen) atoms. The maximum absolute atomic E-state index is 11.6. The van der Waals surface area contributed by atoms with Crippen molar-refractivity contribution in [2.75, 3.05) is 0 Å². The molecule has 1 rings (SSSR count). The molecule has 0 radical (unpaired) electrons. The van der Waals surface area contributed by atoms with Gasteiger partial charge >= 0.3 is 5.97 Å². The van der Waals surface area contributed by atoms with Crippen LogP contribution in [0.2, 0.25) is 0 Å². The van der Waals surface area contributed by atoms with E-state index in [4.69, 9.17) is 5.11 Å². The highest BCUT2D eigenvalue weighted by molar-refractivity contribution is 7.09. The Kier molecular flexibility index (Phi) is 6.14. The minimum absolute atomic E-state index is 0.0578. The Balaban J connectivity index is 2.52. The van der Waals surface area contributed by atoms with Gasteiger partial charge in [0, 0.05) is 23.8 Å². The van der Waals surface area contributed by atoms with Crippen LogP contribution in [0.5, 0.6) is 0 Å². The molecule has 0 fully saturated rings. The number of hydrogen-bond donors (Lipinski definition) is 2. The average Bonchev–Trinajstić information content (AvgIpc) is 2.78. The van der Waals surface area contributed by atoms with Gasteiger partial charge in [-0.2, -0.15) is 0 Å². The van der Waals surface area contributed by atoms with Gasteiger partial charge in [-0.1, -0.05) is 12.1 Å². The fourth-order valence-corrected chi connectivity index (χ4v) is 2.38. The molecule has 0 aliphatic carbocycles. The first-order valence-electron chi connectivity index (χ1n) is 5.76. The van der Waals surface area contributed by atoms with Crippen molar-refractivity contribution in [2.24, 2.45) is 0 Å². The monoisotopic (exact) mass is 267 g/mol. The van der Waals surface area contributed by atoms with E-state index in [9.17, 15) is 9.59 Å². The third-order valence-corrected chi connectivity index (χ3v) is 3.29. The van der Waals surface area contributed by atoms with Gasteiger partial charge in [-0.05, 0) is 17.9 Å². The molecule has 1 aromatic rings. The summed E-state index contributed by atoms with van der Waals surface area (Å²) in [5.74, 6) is -1.03. The molecule has 1 aromatic heterocycles. The third-order valence-electron chi connectivity index (χ3n) is 2.39. The highest BCUT2D eigenvalue weighted by Gasteiger charge is 2.16. The first-order chi connectivity index (χ1) is 8.61. The minimum Gasteiger partial charge on any atom is -0.481 e. The van der Waals surface area contributed by atoms with Gasteiger partial charge in [0.1, 0.15) is 0 Å². The third kappa shape index (κ3) is 5.63. The van der Waals surface area contributed by atoms with Gasteiger partial charge in [-0.15, -0.1) is 17.9 Å². The van der Waals surface area contributed by atoms with Crippen LogP contribution in [0.25, 0.3) is 0 Å². The summed E-state index contributed by atoms with van der Waals surface area (Å²) in [6.45, 7) is 3.55. The lowest BCUT2D eigenvalue weighted by Crippen LogP contribution is -2.37. The molecule has 0 unspecified atom stereocenters. The molecular weight excluding hydrogens is 250 g/mol. The zero-order valence-electron chi connectivity index (χ0n) is 10.1. The van der Waals surface area contributed by atoms with Crippen LogP contribution >= 0.6 is 11.3 Å². The summed E-state index contributed by atoms with van der Waals surface area (Å²) >= 11 is 1.56. The van der Waals surface area contributed by atoms with Gasteiger partial charge in [0.25, 0.3) is 0 Å². The molecule has 0 aromatic carbocycles. The van der Waals surface area contributed by atoms with E-state index in [0.717, 1.165) is 4.88 Å². The molecule has 0 saturated carbocycles. The Hall–Kier alpha value is -1.62. The van der Waals surface area contributed by atoms with Crippen LogP contribution in [0, 0.1) is 0 Å². The predicted octanol–water partition coefficient (Wildman–Crippen LogP) is 2.22. The van der Waals surface area contributed by atoms with Crippen molar-refractivity contribution in [1.29, 1.82) is 0 Å². The Morgan fingerprint density at radius 3 is 2.89 bits per heavy atom. The van der Waals surface area contributed by atoms with E-state index in [-0.39, 0.29) is 18.4 Å². The molecule has 0 spiro atoms. The lowest BCUT2D eigenvalue weighted by molar-refractivity contribution is -0.137. The van der Waals surface area contributed by atoms with Crippen molar-refractivity contribution >= 4 is 23.2 Å². The van der Waals surface area contributed by atoms with Crippen LogP contribution in [0.15, 0.2) is 30.2 Å². The van der Waals surface area contributed by atoms with Gasteiger partial charge < -0.3 is 10.4 Å². The summed E-state index contributed by atoms with van der Waals surface area (Å²) in [5.41, 5.74) is 0. The predicted molar refractivity (Wildman–Crippen MR) is 71.6 cm³/mol. The summed E-state index contributed by atoms with van der Waals surface area (Å²) in [6, 6.07) is 3.51. The van der Waals surface area contributed by atoms with Crippen LogP contribution < -0.4 is 5.32 Å². The zero-order chi connectivity index (χ0) is 13.4. The maximum Gasteiger partial charge on any atom is 0.305 e. The van der Waals surface area contributed by atoms with Crippen molar-refractivity contribution in [3.8, 4) is 0 Å². The summed E-state index contributed by atoms with van der Waals surface area (Å²) in [4.78, 5) is 23.4. The van der Waals surface area contributed by atoms with Crippen LogP contribution in [0.4, 0.5) is 0 Å². The molecule has 0 bridgehead atoms. The highest BCUT2D eigenvalue weighted by atomic mass is 32.1. The van der Waals surface area contributed by atoms with Gasteiger partial charge in [0.2, 0.25) is 5.91 Å². The molecule has 98 valence electrons. The number of hydrogen-bond acceptors (Lipinski definition) is 3. The number of nitrogens with one attached hydrogen (secondary N) is 1. The standard InChI is InChI=1S/C13H17NO3S/c1-2-3-6-12(15)14-10(9-13(16)17)8-11-5-4-7-18-11/h2,4-5,7,10H,1,3,6,8-9H2,(H,14,15)(H,16,17)/t10-/m1/s1. The second kappa shape index (κ2) is 7.66. The lowest BCUT2D eigenvalue weighted by atomic mass is 10.1. The van der Waals surface area contributed by atoms with E-state index in [2.05, 4.69) is 11.9 Å². The summed E-state index contributed by atoms with van der Waals surface area (Å²) < 4.78 is 0. The number of thiophene rings is 1. The normalized spacial score (nSPS) is 11.8. The Morgan fingerprint density at radius 1 is 1.56 bits per heavy atom. The first kappa shape index (κ1) is 14.4. The van der Waals surface area contributed by atoms with E-state index in [1.165, 1.54) is 0 Å². The van der Waals surface area contributed by atoms with Gasteiger partial charge in [-0.25, -0.2) is 0 Å². The Labute approximate surface area is 110 Å². The van der Waals surface area contributed by atoms with Crippen molar-refractivity contribution in [1.82, 2.24) is 5.32 Å². The van der Waals surface area contributed by atoms with Gasteiger partial charge in [0.05, 0.1) is 6.42 Å². The number of carbonyl (C=O) groups is 2. The molecule has 4 nitrogen and oxygen atoms in total. The molecule has 2 N–H and O–H groups in total. The molecule has 1 atom stereocenters. The van der Waals surface area contributed by atoms with Crippen LogP contribution in [-0.4, -0.2) is 23.0 Å². The van der Waals surface area contributed by atoms with Crippen molar-refractivity contribution in [2.45, 2.75) is 31.7 Å². The molecule has 1 amide bonds. The second-order valence-corrected chi connectivity index (χ2v) is 5.01. The Bertz CT molecular complexity index is 400. The largest absolute Gasteiger partial charge is 0.481 e. The topological polar surface area (TPSA) is 66.4 Å².